The molecule has 0 bridgehead atoms. The molecule has 15 nitrogen and oxygen atoms in total. The number of benzene rings is 4. The van der Waals surface area contributed by atoms with Crippen LogP contribution in [0.15, 0.2) is 97.1 Å². The van der Waals surface area contributed by atoms with E-state index in [1.54, 1.807) is 64.4 Å². The van der Waals surface area contributed by atoms with Gasteiger partial charge in [-0.2, -0.15) is 0 Å². The minimum Gasteiger partial charge on any atom is -0.489 e. The van der Waals surface area contributed by atoms with Gasteiger partial charge in [-0.05, 0) is 150 Å². The molecule has 6 fully saturated rings. The number of nitrogens with one attached hydrogen (secondary N) is 1. The van der Waals surface area contributed by atoms with E-state index >= 15 is 0 Å². The van der Waals surface area contributed by atoms with Crippen molar-refractivity contribution in [2.45, 2.75) is 108 Å². The second-order valence-corrected chi connectivity index (χ2v) is 21.1. The first kappa shape index (κ1) is 56.5. The Bertz CT molecular complexity index is 2470. The Kier molecular flexibility index (Phi) is 20.6. The number of amides is 3. The lowest BCUT2D eigenvalue weighted by atomic mass is 10.00. The smallest absolute Gasteiger partial charge is 0.308 e. The molecule has 17 heteroatoms. The molecule has 0 radical (unpaired) electrons. The Labute approximate surface area is 445 Å². The zero-order valence-electron chi connectivity index (χ0n) is 41.4. The fraction of sp³-hybridized carbons (Fsp3) is 0.509. The molecule has 4 aromatic carbocycles. The summed E-state index contributed by atoms with van der Waals surface area (Å²) in [5.41, 5.74) is 8.80. The fourth-order valence-corrected chi connectivity index (χ4v) is 10.2. The lowest BCUT2D eigenvalue weighted by molar-refractivity contribution is -0.141. The minimum absolute atomic E-state index is 0. The molecule has 0 spiro atoms. The van der Waals surface area contributed by atoms with Gasteiger partial charge in [0, 0.05) is 56.4 Å². The second-order valence-electron chi connectivity index (χ2n) is 20.2. The number of aliphatic hydroxyl groups is 2. The second kappa shape index (κ2) is 27.0. The van der Waals surface area contributed by atoms with Crippen LogP contribution in [0, 0.1) is 11.8 Å². The third kappa shape index (κ3) is 15.9. The van der Waals surface area contributed by atoms with Gasteiger partial charge < -0.3 is 55.4 Å². The molecule has 2 saturated carbocycles. The molecule has 400 valence electrons. The van der Waals surface area contributed by atoms with Crippen molar-refractivity contribution in [1.29, 1.82) is 0 Å². The molecular formula is C57H74Cl2N6O9. The fourth-order valence-electron chi connectivity index (χ4n) is 9.77. The molecule has 2 aliphatic carbocycles. The zero-order chi connectivity index (χ0) is 51.4. The zero-order valence-corrected chi connectivity index (χ0v) is 42.9. The number of hydrogen-bond acceptors (Lipinski definition) is 11. The van der Waals surface area contributed by atoms with Gasteiger partial charge in [0.25, 0.3) is 11.8 Å². The molecule has 6 aliphatic rings. The molecule has 0 unspecified atom stereocenters. The van der Waals surface area contributed by atoms with Gasteiger partial charge in [-0.1, -0.05) is 79.2 Å². The molecule has 4 heterocycles. The number of carbonyl (C=O) groups is 4. The summed E-state index contributed by atoms with van der Waals surface area (Å²) in [5, 5.41) is 34.7. The van der Waals surface area contributed by atoms with Crippen molar-refractivity contribution >= 4 is 46.9 Å². The Balaban J connectivity index is 0.000000178. The van der Waals surface area contributed by atoms with Gasteiger partial charge in [-0.15, -0.1) is 0 Å². The number of nitrogens with two attached hydrogens (primary N) is 1. The standard InChI is InChI=1S/C28H34ClN3O4.C16H23ClN2O2.C12H13NO3.CH4/c29-23-16-20(8-11-25(23)36-22-9-10-22)26(33)24(18-31-13-4-5-14-31)30-27(34)21-12-15-32(17-21)28(35)19-6-2-1-3-7-19;17-13-9-11(3-6-15(13)21-12-4-5-12)16(20)14(18)10-19-7-1-2-8-19;14-11(9-4-2-1-3-5-9)13-7-6-10(8-13)12(15)16;/h1-3,6-8,11,16,21-22,24,26,33H,4-5,9-10,12-15,17-18H2,(H,30,34);3,6,9,12,14,16,20H,1-2,4-5,7-8,10,18H2;1-5,10H,6-8H2,(H,15,16);1H4/t21-,24-,26-;14-,16-;10-;/m111./s1. The minimum atomic E-state index is -0.912. The van der Waals surface area contributed by atoms with Crippen molar-refractivity contribution in [2.75, 3.05) is 65.4 Å². The predicted molar refractivity (Wildman–Crippen MR) is 287 cm³/mol. The van der Waals surface area contributed by atoms with Gasteiger partial charge in [-0.25, -0.2) is 0 Å². The van der Waals surface area contributed by atoms with Gasteiger partial charge in [0.05, 0.1) is 46.2 Å². The van der Waals surface area contributed by atoms with Crippen molar-refractivity contribution in [1.82, 2.24) is 24.9 Å². The number of hydrogen-bond donors (Lipinski definition) is 5. The lowest BCUT2D eigenvalue weighted by Gasteiger charge is -2.30. The highest BCUT2D eigenvalue weighted by Crippen LogP contribution is 2.36. The molecule has 4 aliphatic heterocycles. The summed E-state index contributed by atoms with van der Waals surface area (Å²) in [4.78, 5) is 56.8. The molecule has 6 atom stereocenters. The van der Waals surface area contributed by atoms with Crippen LogP contribution in [0.25, 0.3) is 0 Å². The van der Waals surface area contributed by atoms with Gasteiger partial charge in [0.15, 0.2) is 0 Å². The van der Waals surface area contributed by atoms with E-state index in [9.17, 15) is 29.4 Å². The lowest BCUT2D eigenvalue weighted by Crippen LogP contribution is -2.49. The Morgan fingerprint density at radius 3 is 1.46 bits per heavy atom. The Morgan fingerprint density at radius 2 is 1.03 bits per heavy atom. The summed E-state index contributed by atoms with van der Waals surface area (Å²) in [7, 11) is 0. The van der Waals surface area contributed by atoms with Crippen LogP contribution in [0.4, 0.5) is 0 Å². The summed E-state index contributed by atoms with van der Waals surface area (Å²) in [6.45, 7) is 7.13. The highest BCUT2D eigenvalue weighted by atomic mass is 35.5. The summed E-state index contributed by atoms with van der Waals surface area (Å²) in [6, 6.07) is 28.2. The number of carboxylic acids is 1. The van der Waals surface area contributed by atoms with E-state index < -0.39 is 30.1 Å². The number of aliphatic carboxylic acids is 1. The first-order valence-electron chi connectivity index (χ1n) is 26.0. The number of halogens is 2. The summed E-state index contributed by atoms with van der Waals surface area (Å²) >= 11 is 12.7. The maximum Gasteiger partial charge on any atom is 0.308 e. The van der Waals surface area contributed by atoms with E-state index in [-0.39, 0.29) is 43.2 Å². The van der Waals surface area contributed by atoms with E-state index in [2.05, 4.69) is 15.1 Å². The van der Waals surface area contributed by atoms with E-state index in [0.717, 1.165) is 76.8 Å². The molecule has 74 heavy (non-hydrogen) atoms. The highest BCUT2D eigenvalue weighted by Gasteiger charge is 2.36. The van der Waals surface area contributed by atoms with Gasteiger partial charge in [-0.3, -0.25) is 19.2 Å². The van der Waals surface area contributed by atoms with E-state index in [0.29, 0.717) is 89.9 Å². The van der Waals surface area contributed by atoms with Crippen LogP contribution < -0.4 is 20.5 Å². The van der Waals surface area contributed by atoms with Gasteiger partial charge >= 0.3 is 5.97 Å². The van der Waals surface area contributed by atoms with Crippen LogP contribution in [0.3, 0.4) is 0 Å². The maximum atomic E-state index is 13.3. The third-order valence-electron chi connectivity index (χ3n) is 14.4. The molecule has 10 rings (SSSR count). The Morgan fingerprint density at radius 1 is 0.595 bits per heavy atom. The van der Waals surface area contributed by atoms with Crippen LogP contribution in [0.5, 0.6) is 11.5 Å². The number of carboxylic acid groups (broad SMARTS) is 1. The van der Waals surface area contributed by atoms with Crippen LogP contribution in [0.2, 0.25) is 10.0 Å². The van der Waals surface area contributed by atoms with Crippen molar-refractivity contribution in [3.05, 3.63) is 129 Å². The van der Waals surface area contributed by atoms with Crippen LogP contribution in [0.1, 0.15) is 116 Å². The topological polar surface area (TPSA) is 198 Å². The third-order valence-corrected chi connectivity index (χ3v) is 15.0. The molecule has 0 aromatic heterocycles. The SMILES string of the molecule is C.N[C@H](CN1CCCC1)[C@H](O)c1ccc(OC2CC2)c(Cl)c1.O=C(N[C@H](CN1CCCC1)[C@H](O)c1ccc(OC2CC2)c(Cl)c1)[C@@H]1CCN(C(=O)c2ccccc2)C1.O=C(O)[C@@H]1CCN(C(=O)c2ccccc2)C1. The van der Waals surface area contributed by atoms with Gasteiger partial charge in [0.2, 0.25) is 5.91 Å². The quantitative estimate of drug-likeness (QED) is 0.0687. The van der Waals surface area contributed by atoms with E-state index in [1.807, 2.05) is 42.5 Å². The van der Waals surface area contributed by atoms with Crippen molar-refractivity contribution in [2.24, 2.45) is 17.6 Å². The van der Waals surface area contributed by atoms with E-state index in [4.69, 9.17) is 43.5 Å². The highest BCUT2D eigenvalue weighted by molar-refractivity contribution is 6.32. The molecule has 3 amide bonds. The Hall–Kier alpha value is -5.26. The van der Waals surface area contributed by atoms with Crippen molar-refractivity contribution in [3.63, 3.8) is 0 Å². The largest absolute Gasteiger partial charge is 0.489 e. The maximum absolute atomic E-state index is 13.3. The molecule has 6 N–H and O–H groups in total. The average molecular weight is 1060 g/mol. The van der Waals surface area contributed by atoms with Crippen molar-refractivity contribution in [3.8, 4) is 11.5 Å². The first-order valence-corrected chi connectivity index (χ1v) is 26.8. The van der Waals surface area contributed by atoms with Crippen LogP contribution in [-0.4, -0.2) is 148 Å². The number of ether oxygens (including phenoxy) is 2. The molecule has 4 aromatic rings. The molecular weight excluding hydrogens is 984 g/mol. The summed E-state index contributed by atoms with van der Waals surface area (Å²) in [6.07, 6.45) is 9.07. The normalized spacial score (nSPS) is 21.2. The summed E-state index contributed by atoms with van der Waals surface area (Å²) < 4.78 is 11.5. The number of aliphatic hydroxyl groups excluding tert-OH is 2. The van der Waals surface area contributed by atoms with Gasteiger partial charge in [0.1, 0.15) is 17.6 Å². The molecule has 4 saturated heterocycles. The average Bonchev–Trinajstić information content (AvgIpc) is 4.00. The summed E-state index contributed by atoms with van der Waals surface area (Å²) in [5.74, 6) is -0.457. The monoisotopic (exact) mass is 1060 g/mol. The van der Waals surface area contributed by atoms with Crippen molar-refractivity contribution < 1.29 is 44.0 Å². The number of carbonyl (C=O) groups excluding carboxylic acids is 3. The number of nitrogens with zero attached hydrogens (tertiary/aromatic N) is 4. The predicted octanol–water partition coefficient (Wildman–Crippen LogP) is 7.86. The first-order chi connectivity index (χ1) is 35.3. The van der Waals surface area contributed by atoms with Crippen LogP contribution in [-0.2, 0) is 9.59 Å². The number of likely N-dealkylation sites (tertiary alicyclic amines) is 4. The van der Waals surface area contributed by atoms with Crippen LogP contribution >= 0.6 is 23.2 Å². The number of rotatable bonds is 17. The van der Waals surface area contributed by atoms with E-state index in [1.165, 1.54) is 12.8 Å².